The monoisotopic (exact) mass is 385 g/mol. The molecule has 3 rings (SSSR count). The number of esters is 1. The third-order valence-corrected chi connectivity index (χ3v) is 5.06. The summed E-state index contributed by atoms with van der Waals surface area (Å²) < 4.78 is 10.9. The number of hydrogen-bond acceptors (Lipinski definition) is 7. The number of thiophene rings is 1. The number of nitrogens with one attached hydrogen (secondary N) is 1. The van der Waals surface area contributed by atoms with Crippen LogP contribution >= 0.6 is 11.3 Å². The van der Waals surface area contributed by atoms with Gasteiger partial charge in [-0.05, 0) is 38.5 Å². The molecular weight excluding hydrogens is 366 g/mol. The SMILES string of the molecule is CC(=O)Nc1sc(C)c(C)c1C(=O)OCc1nnc(-c2cccc(C)c2)o1. The number of aromatic nitrogens is 2. The molecule has 1 N–H and O–H groups in total. The maximum Gasteiger partial charge on any atom is 0.341 e. The molecule has 0 saturated heterocycles. The Kier molecular flexibility index (Phi) is 5.36. The first-order valence-corrected chi connectivity index (χ1v) is 9.11. The minimum atomic E-state index is -0.545. The van der Waals surface area contributed by atoms with Crippen LogP contribution in [0.2, 0.25) is 0 Å². The van der Waals surface area contributed by atoms with Crippen molar-refractivity contribution >= 4 is 28.2 Å². The van der Waals surface area contributed by atoms with Gasteiger partial charge in [0, 0.05) is 17.4 Å². The van der Waals surface area contributed by atoms with E-state index < -0.39 is 5.97 Å². The van der Waals surface area contributed by atoms with Crippen molar-refractivity contribution in [3.63, 3.8) is 0 Å². The van der Waals surface area contributed by atoms with E-state index in [0.29, 0.717) is 16.5 Å². The van der Waals surface area contributed by atoms with Crippen LogP contribution < -0.4 is 5.32 Å². The lowest BCUT2D eigenvalue weighted by Gasteiger charge is -2.05. The fourth-order valence-electron chi connectivity index (χ4n) is 2.53. The van der Waals surface area contributed by atoms with Gasteiger partial charge in [0.25, 0.3) is 5.89 Å². The standard InChI is InChI=1S/C19H19N3O4S/c1-10-6-5-7-14(8-10)17-22-21-15(26-17)9-25-19(24)16-11(2)12(3)27-18(16)20-13(4)23/h5-8H,9H2,1-4H3,(H,20,23). The summed E-state index contributed by atoms with van der Waals surface area (Å²) in [4.78, 5) is 24.8. The molecule has 27 heavy (non-hydrogen) atoms. The van der Waals surface area contributed by atoms with Gasteiger partial charge in [0.05, 0.1) is 5.56 Å². The van der Waals surface area contributed by atoms with Crippen LogP contribution in [0.15, 0.2) is 28.7 Å². The Bertz CT molecular complexity index is 1010. The molecule has 7 nitrogen and oxygen atoms in total. The van der Waals surface area contributed by atoms with Crippen LogP contribution in [0.3, 0.4) is 0 Å². The van der Waals surface area contributed by atoms with Gasteiger partial charge in [-0.3, -0.25) is 4.79 Å². The van der Waals surface area contributed by atoms with Crippen LogP contribution in [0.1, 0.15) is 39.2 Å². The second kappa shape index (κ2) is 7.71. The second-order valence-corrected chi connectivity index (χ2v) is 7.34. The van der Waals surface area contributed by atoms with Crippen LogP contribution in [-0.2, 0) is 16.1 Å². The Labute approximate surface area is 160 Å². The summed E-state index contributed by atoms with van der Waals surface area (Å²) in [5, 5.41) is 11.1. The average Bonchev–Trinajstić information content (AvgIpc) is 3.18. The molecule has 0 aliphatic heterocycles. The summed E-state index contributed by atoms with van der Waals surface area (Å²) in [5.41, 5.74) is 3.01. The molecule has 0 unspecified atom stereocenters. The number of amides is 1. The molecule has 2 aromatic heterocycles. The Morgan fingerprint density at radius 3 is 2.70 bits per heavy atom. The summed E-state index contributed by atoms with van der Waals surface area (Å²) in [5.74, 6) is -0.224. The smallest absolute Gasteiger partial charge is 0.341 e. The number of carbonyl (C=O) groups is 2. The van der Waals surface area contributed by atoms with Crippen LogP contribution in [0.25, 0.3) is 11.5 Å². The van der Waals surface area contributed by atoms with Crippen molar-refractivity contribution in [1.29, 1.82) is 0 Å². The highest BCUT2D eigenvalue weighted by Gasteiger charge is 2.22. The van der Waals surface area contributed by atoms with Gasteiger partial charge < -0.3 is 14.5 Å². The van der Waals surface area contributed by atoms with E-state index >= 15 is 0 Å². The molecule has 0 fully saturated rings. The summed E-state index contributed by atoms with van der Waals surface area (Å²) in [6.45, 7) is 6.92. The number of anilines is 1. The Morgan fingerprint density at radius 1 is 1.22 bits per heavy atom. The first kappa shape index (κ1) is 18.8. The van der Waals surface area contributed by atoms with Gasteiger partial charge >= 0.3 is 5.97 Å². The number of rotatable bonds is 5. The molecule has 0 atom stereocenters. The normalized spacial score (nSPS) is 10.7. The van der Waals surface area contributed by atoms with E-state index in [1.165, 1.54) is 18.3 Å². The molecular formula is C19H19N3O4S. The summed E-state index contributed by atoms with van der Waals surface area (Å²) in [7, 11) is 0. The van der Waals surface area contributed by atoms with Crippen molar-refractivity contribution in [2.45, 2.75) is 34.3 Å². The topological polar surface area (TPSA) is 94.3 Å². The highest BCUT2D eigenvalue weighted by atomic mass is 32.1. The fraction of sp³-hybridized carbons (Fsp3) is 0.263. The molecule has 1 aromatic carbocycles. The molecule has 1 amide bonds. The second-order valence-electron chi connectivity index (χ2n) is 6.12. The molecule has 3 aromatic rings. The van der Waals surface area contributed by atoms with Crippen molar-refractivity contribution in [3.8, 4) is 11.5 Å². The number of aryl methyl sites for hydroxylation is 2. The van der Waals surface area contributed by atoms with Crippen molar-refractivity contribution in [3.05, 3.63) is 51.7 Å². The molecule has 0 aliphatic rings. The van der Waals surface area contributed by atoms with Crippen LogP contribution in [0.5, 0.6) is 0 Å². The van der Waals surface area contributed by atoms with Crippen LogP contribution in [-0.4, -0.2) is 22.1 Å². The largest absolute Gasteiger partial charge is 0.452 e. The van der Waals surface area contributed by atoms with E-state index in [0.717, 1.165) is 21.6 Å². The Morgan fingerprint density at radius 2 is 2.00 bits per heavy atom. The minimum absolute atomic E-state index is 0.147. The van der Waals surface area contributed by atoms with Gasteiger partial charge in [-0.25, -0.2) is 4.79 Å². The average molecular weight is 385 g/mol. The summed E-state index contributed by atoms with van der Waals surface area (Å²) in [6.07, 6.45) is 0. The van der Waals surface area contributed by atoms with Gasteiger partial charge in [0.15, 0.2) is 6.61 Å². The van der Waals surface area contributed by atoms with Gasteiger partial charge in [0.2, 0.25) is 11.8 Å². The van der Waals surface area contributed by atoms with E-state index in [4.69, 9.17) is 9.15 Å². The molecule has 140 valence electrons. The van der Waals surface area contributed by atoms with E-state index in [-0.39, 0.29) is 18.4 Å². The van der Waals surface area contributed by atoms with Crippen molar-refractivity contribution < 1.29 is 18.7 Å². The Hall–Kier alpha value is -3.00. The maximum absolute atomic E-state index is 12.5. The van der Waals surface area contributed by atoms with E-state index in [1.807, 2.05) is 45.0 Å². The van der Waals surface area contributed by atoms with E-state index in [2.05, 4.69) is 15.5 Å². The van der Waals surface area contributed by atoms with Crippen molar-refractivity contribution in [1.82, 2.24) is 10.2 Å². The van der Waals surface area contributed by atoms with Crippen molar-refractivity contribution in [2.75, 3.05) is 5.32 Å². The number of hydrogen-bond donors (Lipinski definition) is 1. The molecule has 0 aliphatic carbocycles. The van der Waals surface area contributed by atoms with Gasteiger partial charge in [-0.1, -0.05) is 17.7 Å². The zero-order chi connectivity index (χ0) is 19.6. The minimum Gasteiger partial charge on any atom is -0.452 e. The summed E-state index contributed by atoms with van der Waals surface area (Å²) >= 11 is 1.34. The van der Waals surface area contributed by atoms with E-state index in [9.17, 15) is 9.59 Å². The van der Waals surface area contributed by atoms with Gasteiger partial charge in [0.1, 0.15) is 5.00 Å². The predicted octanol–water partition coefficient (Wildman–Crippen LogP) is 4.04. The lowest BCUT2D eigenvalue weighted by molar-refractivity contribution is -0.114. The highest BCUT2D eigenvalue weighted by Crippen LogP contribution is 2.33. The fourth-order valence-corrected chi connectivity index (χ4v) is 3.62. The first-order chi connectivity index (χ1) is 12.8. The molecule has 0 saturated carbocycles. The highest BCUT2D eigenvalue weighted by molar-refractivity contribution is 7.16. The van der Waals surface area contributed by atoms with Crippen LogP contribution in [0.4, 0.5) is 5.00 Å². The van der Waals surface area contributed by atoms with Crippen LogP contribution in [0, 0.1) is 20.8 Å². The number of nitrogens with zero attached hydrogens (tertiary/aromatic N) is 2. The predicted molar refractivity (Wildman–Crippen MR) is 102 cm³/mol. The van der Waals surface area contributed by atoms with E-state index in [1.54, 1.807) is 0 Å². The lowest BCUT2D eigenvalue weighted by Crippen LogP contribution is -2.12. The maximum atomic E-state index is 12.5. The zero-order valence-corrected chi connectivity index (χ0v) is 16.3. The number of ether oxygens (including phenoxy) is 1. The number of benzene rings is 1. The molecule has 0 bridgehead atoms. The zero-order valence-electron chi connectivity index (χ0n) is 15.5. The molecule has 8 heteroatoms. The Balaban J connectivity index is 1.73. The summed E-state index contributed by atoms with van der Waals surface area (Å²) in [6, 6.07) is 7.67. The molecule has 2 heterocycles. The quantitative estimate of drug-likeness (QED) is 0.666. The third-order valence-electron chi connectivity index (χ3n) is 3.94. The molecule has 0 radical (unpaired) electrons. The van der Waals surface area contributed by atoms with Gasteiger partial charge in [-0.15, -0.1) is 21.5 Å². The van der Waals surface area contributed by atoms with Gasteiger partial charge in [-0.2, -0.15) is 0 Å². The third kappa shape index (κ3) is 4.22. The molecule has 0 spiro atoms. The lowest BCUT2D eigenvalue weighted by atomic mass is 10.1. The number of carbonyl (C=O) groups excluding carboxylic acids is 2. The first-order valence-electron chi connectivity index (χ1n) is 8.29. The van der Waals surface area contributed by atoms with Crippen molar-refractivity contribution in [2.24, 2.45) is 0 Å².